The highest BCUT2D eigenvalue weighted by Gasteiger charge is 2.20. The minimum absolute atomic E-state index is 0.00859. The molecule has 6 heteroatoms. The highest BCUT2D eigenvalue weighted by molar-refractivity contribution is 6.33. The van der Waals surface area contributed by atoms with Crippen LogP contribution in [0.5, 0.6) is 0 Å². The molecule has 3 aromatic rings. The quantitative estimate of drug-likeness (QED) is 0.595. The van der Waals surface area contributed by atoms with E-state index in [4.69, 9.17) is 11.6 Å². The molecular formula is C23H20ClFN2O2. The second-order valence-electron chi connectivity index (χ2n) is 6.49. The van der Waals surface area contributed by atoms with Gasteiger partial charge in [0, 0.05) is 12.1 Å². The molecule has 29 heavy (non-hydrogen) atoms. The van der Waals surface area contributed by atoms with Crippen LogP contribution < -0.4 is 10.6 Å². The van der Waals surface area contributed by atoms with Gasteiger partial charge >= 0.3 is 0 Å². The van der Waals surface area contributed by atoms with Crippen molar-refractivity contribution >= 4 is 23.4 Å². The summed E-state index contributed by atoms with van der Waals surface area (Å²) in [5, 5.41) is 5.91. The molecule has 0 aliphatic heterocycles. The third-order valence-electron chi connectivity index (χ3n) is 4.45. The Morgan fingerprint density at radius 2 is 1.55 bits per heavy atom. The summed E-state index contributed by atoms with van der Waals surface area (Å²) in [7, 11) is 0. The molecule has 148 valence electrons. The van der Waals surface area contributed by atoms with E-state index in [1.54, 1.807) is 42.5 Å². The lowest BCUT2D eigenvalue weighted by Gasteiger charge is -2.19. The molecule has 4 nitrogen and oxygen atoms in total. The number of halogens is 2. The molecule has 2 N–H and O–H groups in total. The molecule has 0 heterocycles. The third-order valence-corrected chi connectivity index (χ3v) is 4.78. The minimum atomic E-state index is -0.555. The summed E-state index contributed by atoms with van der Waals surface area (Å²) in [4.78, 5) is 25.2. The number of hydrogen-bond donors (Lipinski definition) is 2. The second kappa shape index (κ2) is 9.85. The van der Waals surface area contributed by atoms with Gasteiger partial charge in [0.25, 0.3) is 5.91 Å². The zero-order valence-electron chi connectivity index (χ0n) is 15.6. The lowest BCUT2D eigenvalue weighted by Crippen LogP contribution is -2.33. The monoisotopic (exact) mass is 410 g/mol. The van der Waals surface area contributed by atoms with E-state index >= 15 is 0 Å². The van der Waals surface area contributed by atoms with Crippen molar-refractivity contribution < 1.29 is 14.0 Å². The van der Waals surface area contributed by atoms with Gasteiger partial charge in [-0.3, -0.25) is 9.59 Å². The Morgan fingerprint density at radius 1 is 0.897 bits per heavy atom. The van der Waals surface area contributed by atoms with E-state index < -0.39 is 6.04 Å². The van der Waals surface area contributed by atoms with E-state index in [9.17, 15) is 14.0 Å². The summed E-state index contributed by atoms with van der Waals surface area (Å²) < 4.78 is 13.7. The molecule has 0 aliphatic carbocycles. The molecule has 0 radical (unpaired) electrons. The van der Waals surface area contributed by atoms with Crippen LogP contribution in [0.1, 0.15) is 33.9 Å². The van der Waals surface area contributed by atoms with E-state index in [1.807, 2.05) is 30.3 Å². The summed E-state index contributed by atoms with van der Waals surface area (Å²) in [6, 6.07) is 21.6. The van der Waals surface area contributed by atoms with Crippen LogP contribution in [0.15, 0.2) is 78.9 Å². The van der Waals surface area contributed by atoms with Gasteiger partial charge in [0.05, 0.1) is 23.0 Å². The lowest BCUT2D eigenvalue weighted by atomic mass is 10.0. The Kier molecular flexibility index (Phi) is 6.98. The van der Waals surface area contributed by atoms with Crippen LogP contribution in [0.4, 0.5) is 4.39 Å². The maximum Gasteiger partial charge on any atom is 0.253 e. The fourth-order valence-electron chi connectivity index (χ4n) is 2.91. The number of carbonyl (C=O) groups excluding carboxylic acids is 2. The fraction of sp³-hybridized carbons (Fsp3) is 0.130. The standard InChI is InChI=1S/C23H20ClFN2O2/c24-19-12-6-5-11-18(19)23(29)27-21(16-8-2-1-3-9-16)14-22(28)26-15-17-10-4-7-13-20(17)25/h1-13,21H,14-15H2,(H,26,28)(H,27,29)/t21-/m0/s1. The van der Waals surface area contributed by atoms with Crippen molar-refractivity contribution in [3.05, 3.63) is 106 Å². The van der Waals surface area contributed by atoms with Crippen molar-refractivity contribution in [2.75, 3.05) is 0 Å². The van der Waals surface area contributed by atoms with Crippen LogP contribution in [-0.2, 0) is 11.3 Å². The molecule has 2 amide bonds. The first-order valence-corrected chi connectivity index (χ1v) is 9.53. The van der Waals surface area contributed by atoms with Crippen LogP contribution in [0.25, 0.3) is 0 Å². The molecule has 0 saturated carbocycles. The Balaban J connectivity index is 1.71. The van der Waals surface area contributed by atoms with E-state index in [1.165, 1.54) is 6.07 Å². The Bertz CT molecular complexity index is 995. The Labute approximate surface area is 173 Å². The lowest BCUT2D eigenvalue weighted by molar-refractivity contribution is -0.121. The van der Waals surface area contributed by atoms with E-state index in [0.29, 0.717) is 16.1 Å². The Hall–Kier alpha value is -3.18. The maximum atomic E-state index is 13.7. The number of hydrogen-bond acceptors (Lipinski definition) is 2. The molecular weight excluding hydrogens is 391 g/mol. The van der Waals surface area contributed by atoms with E-state index in [2.05, 4.69) is 10.6 Å². The molecule has 0 bridgehead atoms. The second-order valence-corrected chi connectivity index (χ2v) is 6.90. The van der Waals surface area contributed by atoms with E-state index in [0.717, 1.165) is 5.56 Å². The van der Waals surface area contributed by atoms with Gasteiger partial charge in [-0.15, -0.1) is 0 Å². The number of carbonyl (C=O) groups is 2. The highest BCUT2D eigenvalue weighted by Crippen LogP contribution is 2.20. The van der Waals surface area contributed by atoms with E-state index in [-0.39, 0.29) is 30.6 Å². The molecule has 0 spiro atoms. The van der Waals surface area contributed by atoms with Crippen LogP contribution in [0, 0.1) is 5.82 Å². The van der Waals surface area contributed by atoms with Crippen molar-refractivity contribution in [1.82, 2.24) is 10.6 Å². The number of nitrogens with one attached hydrogen (secondary N) is 2. The fourth-order valence-corrected chi connectivity index (χ4v) is 3.13. The third kappa shape index (κ3) is 5.65. The predicted octanol–water partition coefficient (Wildman–Crippen LogP) is 4.66. The normalized spacial score (nSPS) is 11.5. The van der Waals surface area contributed by atoms with Crippen LogP contribution in [0.2, 0.25) is 5.02 Å². The van der Waals surface area contributed by atoms with Crippen LogP contribution in [0.3, 0.4) is 0 Å². The summed E-state index contributed by atoms with van der Waals surface area (Å²) in [6.45, 7) is 0.0749. The van der Waals surface area contributed by atoms with Gasteiger partial charge < -0.3 is 10.6 Å². The molecule has 0 saturated heterocycles. The van der Waals surface area contributed by atoms with Gasteiger partial charge in [-0.05, 0) is 23.8 Å². The summed E-state index contributed by atoms with van der Waals surface area (Å²) in [6.07, 6.45) is 0.00859. The van der Waals surface area contributed by atoms with Gasteiger partial charge in [-0.25, -0.2) is 4.39 Å². The molecule has 3 rings (SSSR count). The highest BCUT2D eigenvalue weighted by atomic mass is 35.5. The summed E-state index contributed by atoms with van der Waals surface area (Å²) >= 11 is 6.11. The van der Waals surface area contributed by atoms with Crippen molar-refractivity contribution in [3.63, 3.8) is 0 Å². The predicted molar refractivity (Wildman–Crippen MR) is 111 cm³/mol. The SMILES string of the molecule is O=C(C[C@H](NC(=O)c1ccccc1Cl)c1ccccc1)NCc1ccccc1F. The molecule has 3 aromatic carbocycles. The molecule has 0 aromatic heterocycles. The van der Waals surface area contributed by atoms with Gasteiger partial charge in [0.1, 0.15) is 5.82 Å². The maximum absolute atomic E-state index is 13.7. The van der Waals surface area contributed by atoms with Crippen molar-refractivity contribution in [3.8, 4) is 0 Å². The molecule has 0 fully saturated rings. The zero-order chi connectivity index (χ0) is 20.6. The molecule has 1 atom stereocenters. The van der Waals surface area contributed by atoms with Gasteiger partial charge in [0.2, 0.25) is 5.91 Å². The van der Waals surface area contributed by atoms with Crippen molar-refractivity contribution in [1.29, 1.82) is 0 Å². The average molecular weight is 411 g/mol. The first-order valence-electron chi connectivity index (χ1n) is 9.15. The van der Waals surface area contributed by atoms with Crippen molar-refractivity contribution in [2.45, 2.75) is 19.0 Å². The Morgan fingerprint density at radius 3 is 2.28 bits per heavy atom. The van der Waals surface area contributed by atoms with Gasteiger partial charge in [-0.1, -0.05) is 72.3 Å². The summed E-state index contributed by atoms with van der Waals surface area (Å²) in [5.41, 5.74) is 1.52. The number of amides is 2. The first kappa shape index (κ1) is 20.6. The largest absolute Gasteiger partial charge is 0.352 e. The molecule has 0 aliphatic rings. The minimum Gasteiger partial charge on any atom is -0.352 e. The topological polar surface area (TPSA) is 58.2 Å². The first-order chi connectivity index (χ1) is 14.0. The average Bonchev–Trinajstić information content (AvgIpc) is 2.73. The zero-order valence-corrected chi connectivity index (χ0v) is 16.3. The smallest absolute Gasteiger partial charge is 0.253 e. The summed E-state index contributed by atoms with van der Waals surface area (Å²) in [5.74, 6) is -1.05. The van der Waals surface area contributed by atoms with Gasteiger partial charge in [-0.2, -0.15) is 0 Å². The van der Waals surface area contributed by atoms with Crippen molar-refractivity contribution in [2.24, 2.45) is 0 Å². The van der Waals surface area contributed by atoms with Crippen LogP contribution >= 0.6 is 11.6 Å². The number of rotatable bonds is 7. The number of benzene rings is 3. The van der Waals surface area contributed by atoms with Crippen LogP contribution in [-0.4, -0.2) is 11.8 Å². The van der Waals surface area contributed by atoms with Gasteiger partial charge in [0.15, 0.2) is 0 Å². The molecule has 0 unspecified atom stereocenters.